The third kappa shape index (κ3) is 3.66. The number of amides is 2. The zero-order valence-corrected chi connectivity index (χ0v) is 14.4. The fraction of sp³-hybridized carbons (Fsp3) is 0.333. The summed E-state index contributed by atoms with van der Waals surface area (Å²) >= 11 is 1.75. The normalized spacial score (nSPS) is 18.9. The van der Waals surface area contributed by atoms with Gasteiger partial charge in [-0.3, -0.25) is 9.59 Å². The number of nitrogens with two attached hydrogens (primary N) is 1. The van der Waals surface area contributed by atoms with Crippen LogP contribution in [0.4, 0.5) is 5.69 Å². The minimum Gasteiger partial charge on any atom is -0.351 e. The molecule has 1 aliphatic carbocycles. The maximum atomic E-state index is 12.5. The highest BCUT2D eigenvalue weighted by Gasteiger charge is 2.44. The van der Waals surface area contributed by atoms with Crippen LogP contribution in [0.5, 0.6) is 0 Å². The molecule has 1 fully saturated rings. The highest BCUT2D eigenvalue weighted by molar-refractivity contribution is 7.12. The van der Waals surface area contributed by atoms with Crippen molar-refractivity contribution < 1.29 is 9.59 Å². The molecule has 1 aromatic carbocycles. The van der Waals surface area contributed by atoms with Gasteiger partial charge in [-0.2, -0.15) is 0 Å². The van der Waals surface area contributed by atoms with Crippen LogP contribution in [-0.4, -0.2) is 24.9 Å². The lowest BCUT2D eigenvalue weighted by molar-refractivity contribution is -0.117. The Bertz CT molecular complexity index is 756. The van der Waals surface area contributed by atoms with E-state index >= 15 is 0 Å². The molecule has 126 valence electrons. The molecule has 2 atom stereocenters. The van der Waals surface area contributed by atoms with Crippen molar-refractivity contribution in [3.63, 3.8) is 0 Å². The van der Waals surface area contributed by atoms with E-state index in [-0.39, 0.29) is 17.7 Å². The van der Waals surface area contributed by atoms with E-state index in [0.29, 0.717) is 30.3 Å². The summed E-state index contributed by atoms with van der Waals surface area (Å²) in [5.74, 6) is 0.0489. The number of hydrogen-bond acceptors (Lipinski definition) is 4. The lowest BCUT2D eigenvalue weighted by Gasteiger charge is -2.11. The second-order valence-corrected chi connectivity index (χ2v) is 7.30. The number of carbonyl (C=O) groups is 2. The van der Waals surface area contributed by atoms with Crippen LogP contribution < -0.4 is 16.4 Å². The lowest BCUT2D eigenvalue weighted by Crippen LogP contribution is -2.30. The summed E-state index contributed by atoms with van der Waals surface area (Å²) < 4.78 is 0. The molecule has 1 saturated carbocycles. The van der Waals surface area contributed by atoms with Gasteiger partial charge in [0.15, 0.2) is 0 Å². The van der Waals surface area contributed by atoms with Crippen molar-refractivity contribution in [2.75, 3.05) is 18.4 Å². The molecule has 0 unspecified atom stereocenters. The van der Waals surface area contributed by atoms with E-state index in [2.05, 4.69) is 29.7 Å². The van der Waals surface area contributed by atoms with Gasteiger partial charge in [-0.15, -0.1) is 11.3 Å². The highest BCUT2D eigenvalue weighted by Crippen LogP contribution is 2.50. The Morgan fingerprint density at radius 1 is 1.25 bits per heavy atom. The molecule has 5 nitrogen and oxygen atoms in total. The van der Waals surface area contributed by atoms with Crippen LogP contribution in [0.3, 0.4) is 0 Å². The largest absolute Gasteiger partial charge is 0.351 e. The van der Waals surface area contributed by atoms with Crippen LogP contribution in [0.1, 0.15) is 32.5 Å². The zero-order valence-electron chi connectivity index (χ0n) is 13.5. The summed E-state index contributed by atoms with van der Waals surface area (Å²) in [6.07, 6.45) is 0.868. The van der Waals surface area contributed by atoms with Gasteiger partial charge in [-0.25, -0.2) is 0 Å². The van der Waals surface area contributed by atoms with Crippen molar-refractivity contribution in [2.45, 2.75) is 19.3 Å². The van der Waals surface area contributed by atoms with E-state index in [1.807, 2.05) is 6.07 Å². The third-order valence-corrected chi connectivity index (χ3v) is 5.25. The molecule has 0 spiro atoms. The quantitative estimate of drug-likeness (QED) is 0.753. The molecule has 4 N–H and O–H groups in total. The first-order chi connectivity index (χ1) is 11.6. The van der Waals surface area contributed by atoms with E-state index in [4.69, 9.17) is 5.73 Å². The zero-order chi connectivity index (χ0) is 17.1. The van der Waals surface area contributed by atoms with Crippen molar-refractivity contribution in [1.82, 2.24) is 5.32 Å². The van der Waals surface area contributed by atoms with Gasteiger partial charge in [0, 0.05) is 34.7 Å². The number of carbonyl (C=O) groups excluding carboxylic acids is 2. The molecule has 0 radical (unpaired) electrons. The Balaban J connectivity index is 1.66. The van der Waals surface area contributed by atoms with Gasteiger partial charge in [0.05, 0.1) is 11.3 Å². The smallest absolute Gasteiger partial charge is 0.253 e. The van der Waals surface area contributed by atoms with Crippen molar-refractivity contribution in [1.29, 1.82) is 0 Å². The summed E-state index contributed by atoms with van der Waals surface area (Å²) in [5, 5.41) is 5.64. The molecule has 6 heteroatoms. The van der Waals surface area contributed by atoms with Gasteiger partial charge < -0.3 is 16.4 Å². The lowest BCUT2D eigenvalue weighted by atomic mass is 10.1. The fourth-order valence-electron chi connectivity index (χ4n) is 2.75. The Morgan fingerprint density at radius 3 is 2.75 bits per heavy atom. The predicted octanol–water partition coefficient (Wildman–Crippen LogP) is 2.49. The van der Waals surface area contributed by atoms with Gasteiger partial charge in [0.2, 0.25) is 5.91 Å². The van der Waals surface area contributed by atoms with E-state index < -0.39 is 0 Å². The number of benzene rings is 1. The van der Waals surface area contributed by atoms with Crippen LogP contribution in [0, 0.1) is 12.8 Å². The predicted molar refractivity (Wildman–Crippen MR) is 96.4 cm³/mol. The fourth-order valence-corrected chi connectivity index (χ4v) is 3.80. The topological polar surface area (TPSA) is 84.2 Å². The molecule has 0 saturated heterocycles. The van der Waals surface area contributed by atoms with Crippen LogP contribution in [0.15, 0.2) is 36.4 Å². The molecule has 1 aromatic heterocycles. The Hall–Kier alpha value is -2.18. The van der Waals surface area contributed by atoms with E-state index in [9.17, 15) is 9.59 Å². The average Bonchev–Trinajstić information content (AvgIpc) is 3.27. The molecule has 0 bridgehead atoms. The second kappa shape index (κ2) is 7.15. The molecule has 3 rings (SSSR count). The number of aryl methyl sites for hydroxylation is 1. The van der Waals surface area contributed by atoms with Crippen LogP contribution in [0.25, 0.3) is 0 Å². The summed E-state index contributed by atoms with van der Waals surface area (Å²) in [7, 11) is 0. The monoisotopic (exact) mass is 343 g/mol. The van der Waals surface area contributed by atoms with Gasteiger partial charge in [0.1, 0.15) is 0 Å². The molecule has 24 heavy (non-hydrogen) atoms. The number of thiophene rings is 1. The van der Waals surface area contributed by atoms with E-state index in [1.54, 1.807) is 29.5 Å². The summed E-state index contributed by atoms with van der Waals surface area (Å²) in [5.41, 5.74) is 6.42. The van der Waals surface area contributed by atoms with Gasteiger partial charge >= 0.3 is 0 Å². The molecule has 1 heterocycles. The number of para-hydroxylation sites is 1. The summed E-state index contributed by atoms with van der Waals surface area (Å²) in [6.45, 7) is 2.86. The van der Waals surface area contributed by atoms with E-state index in [0.717, 1.165) is 6.42 Å². The Morgan fingerprint density at radius 2 is 2.04 bits per heavy atom. The van der Waals surface area contributed by atoms with E-state index in [1.165, 1.54) is 9.75 Å². The summed E-state index contributed by atoms with van der Waals surface area (Å²) in [6, 6.07) is 11.2. The highest BCUT2D eigenvalue weighted by atomic mass is 32.1. The number of hydrogen-bond donors (Lipinski definition) is 3. The average molecular weight is 343 g/mol. The standard InChI is InChI=1S/C18H21N3O2S/c1-11-6-7-16(24-11)13-10-14(13)18(23)21-15-5-3-2-4-12(15)17(22)20-9-8-19/h2-7,13-14H,8-10,19H2,1H3,(H,20,22)(H,21,23)/t13-,14-/m0/s1. The minimum absolute atomic E-state index is 0.0109. The molecular weight excluding hydrogens is 322 g/mol. The van der Waals surface area contributed by atoms with Crippen molar-refractivity contribution in [3.05, 3.63) is 51.7 Å². The molecule has 0 aliphatic heterocycles. The molecular formula is C18H21N3O2S. The van der Waals surface area contributed by atoms with Crippen LogP contribution in [0.2, 0.25) is 0 Å². The van der Waals surface area contributed by atoms with Crippen LogP contribution in [-0.2, 0) is 4.79 Å². The van der Waals surface area contributed by atoms with Crippen molar-refractivity contribution in [3.8, 4) is 0 Å². The number of rotatable bonds is 6. The third-order valence-electron chi connectivity index (χ3n) is 4.11. The Labute approximate surface area is 145 Å². The first-order valence-corrected chi connectivity index (χ1v) is 8.86. The van der Waals surface area contributed by atoms with Gasteiger partial charge in [-0.05, 0) is 37.6 Å². The summed E-state index contributed by atoms with van der Waals surface area (Å²) in [4.78, 5) is 27.2. The first-order valence-electron chi connectivity index (χ1n) is 8.04. The van der Waals surface area contributed by atoms with Gasteiger partial charge in [0.25, 0.3) is 5.91 Å². The van der Waals surface area contributed by atoms with Crippen molar-refractivity contribution in [2.24, 2.45) is 11.7 Å². The molecule has 1 aliphatic rings. The SMILES string of the molecule is Cc1ccc([C@H]2C[C@@H]2C(=O)Nc2ccccc2C(=O)NCCN)s1. The minimum atomic E-state index is -0.224. The number of nitrogens with one attached hydrogen (secondary N) is 2. The van der Waals surface area contributed by atoms with Crippen LogP contribution >= 0.6 is 11.3 Å². The van der Waals surface area contributed by atoms with Gasteiger partial charge in [-0.1, -0.05) is 12.1 Å². The Kier molecular flexibility index (Phi) is 4.97. The maximum Gasteiger partial charge on any atom is 0.253 e. The maximum absolute atomic E-state index is 12.5. The number of anilines is 1. The second-order valence-electron chi connectivity index (χ2n) is 5.98. The molecule has 2 amide bonds. The molecule has 2 aromatic rings. The van der Waals surface area contributed by atoms with Crippen molar-refractivity contribution >= 4 is 28.8 Å². The first kappa shape index (κ1) is 16.7.